The van der Waals surface area contributed by atoms with Gasteiger partial charge in [0.1, 0.15) is 11.5 Å². The molecule has 1 aromatic heterocycles. The summed E-state index contributed by atoms with van der Waals surface area (Å²) in [4.78, 5) is 0. The molecule has 1 N–H and O–H groups in total. The van der Waals surface area contributed by atoms with Gasteiger partial charge >= 0.3 is 0 Å². The summed E-state index contributed by atoms with van der Waals surface area (Å²) in [6.07, 6.45) is 2.16. The molecule has 0 bridgehead atoms. The van der Waals surface area contributed by atoms with Crippen LogP contribution in [0.4, 0.5) is 0 Å². The molecule has 0 unspecified atom stereocenters. The molecule has 5 heteroatoms. The van der Waals surface area contributed by atoms with Crippen LogP contribution in [-0.4, -0.2) is 10.3 Å². The standard InChI is InChI=1S/C13H11Cl2NO2.C2H6/c14-9-2-1-3-10(15)11(9)12-8(6-17)13(18-16-12)7-4-5-7;1-2/h1-3,7,17H,4-6H2;1-2H3. The average molecular weight is 314 g/mol. The molecule has 3 nitrogen and oxygen atoms in total. The van der Waals surface area contributed by atoms with Crippen LogP contribution in [0.15, 0.2) is 22.7 Å². The highest BCUT2D eigenvalue weighted by Gasteiger charge is 2.32. The van der Waals surface area contributed by atoms with Gasteiger partial charge in [-0.3, -0.25) is 0 Å². The van der Waals surface area contributed by atoms with Gasteiger partial charge in [-0.25, -0.2) is 0 Å². The van der Waals surface area contributed by atoms with Crippen LogP contribution < -0.4 is 0 Å². The van der Waals surface area contributed by atoms with Crippen molar-refractivity contribution in [2.45, 2.75) is 39.2 Å². The number of nitrogens with zero attached hydrogens (tertiary/aromatic N) is 1. The number of hydrogen-bond acceptors (Lipinski definition) is 3. The van der Waals surface area contributed by atoms with E-state index in [9.17, 15) is 5.11 Å². The molecule has 1 aromatic carbocycles. The highest BCUT2D eigenvalue weighted by atomic mass is 35.5. The monoisotopic (exact) mass is 313 g/mol. The van der Waals surface area contributed by atoms with Crippen molar-refractivity contribution in [3.05, 3.63) is 39.6 Å². The fourth-order valence-corrected chi connectivity index (χ4v) is 2.64. The number of benzene rings is 1. The van der Waals surface area contributed by atoms with Crippen LogP contribution in [0.2, 0.25) is 10.0 Å². The van der Waals surface area contributed by atoms with E-state index in [1.54, 1.807) is 18.2 Å². The summed E-state index contributed by atoms with van der Waals surface area (Å²) in [5.74, 6) is 1.15. The maximum atomic E-state index is 9.52. The SMILES string of the molecule is CC.OCc1c(-c2c(Cl)cccc2Cl)noc1C1CC1. The molecular formula is C15H17Cl2NO2. The molecule has 1 aliphatic rings. The van der Waals surface area contributed by atoms with Gasteiger partial charge in [0, 0.05) is 17.0 Å². The lowest BCUT2D eigenvalue weighted by molar-refractivity contribution is 0.277. The van der Waals surface area contributed by atoms with E-state index in [1.807, 2.05) is 13.8 Å². The molecular weight excluding hydrogens is 297 g/mol. The normalized spacial score (nSPS) is 13.8. The third-order valence-corrected chi connectivity index (χ3v) is 3.75. The van der Waals surface area contributed by atoms with E-state index < -0.39 is 0 Å². The first-order chi connectivity index (χ1) is 9.72. The van der Waals surface area contributed by atoms with Gasteiger partial charge in [-0.2, -0.15) is 0 Å². The Kier molecular flexibility index (Phi) is 5.08. The molecule has 1 fully saturated rings. The molecule has 108 valence electrons. The minimum absolute atomic E-state index is 0.119. The molecule has 1 aliphatic carbocycles. The van der Waals surface area contributed by atoms with Crippen molar-refractivity contribution >= 4 is 23.2 Å². The summed E-state index contributed by atoms with van der Waals surface area (Å²) < 4.78 is 5.35. The van der Waals surface area contributed by atoms with E-state index in [4.69, 9.17) is 27.7 Å². The minimum Gasteiger partial charge on any atom is -0.391 e. The summed E-state index contributed by atoms with van der Waals surface area (Å²) in [6.45, 7) is 3.88. The largest absolute Gasteiger partial charge is 0.391 e. The minimum atomic E-state index is -0.119. The number of hydrogen-bond donors (Lipinski definition) is 1. The molecule has 0 radical (unpaired) electrons. The van der Waals surface area contributed by atoms with Crippen molar-refractivity contribution in [1.82, 2.24) is 5.16 Å². The van der Waals surface area contributed by atoms with Gasteiger partial charge in [0.05, 0.1) is 16.7 Å². The number of rotatable bonds is 3. The summed E-state index contributed by atoms with van der Waals surface area (Å²) in [5, 5.41) is 14.6. The van der Waals surface area contributed by atoms with Crippen molar-refractivity contribution in [2.75, 3.05) is 0 Å². The molecule has 0 saturated heterocycles. The van der Waals surface area contributed by atoms with Crippen molar-refractivity contribution in [1.29, 1.82) is 0 Å². The summed E-state index contributed by atoms with van der Waals surface area (Å²) >= 11 is 12.3. The molecule has 1 saturated carbocycles. The van der Waals surface area contributed by atoms with Crippen molar-refractivity contribution in [2.24, 2.45) is 0 Å². The first kappa shape index (κ1) is 15.4. The van der Waals surface area contributed by atoms with Crippen LogP contribution in [0.3, 0.4) is 0 Å². The Balaban J connectivity index is 0.000000704. The van der Waals surface area contributed by atoms with Crippen molar-refractivity contribution in [3.63, 3.8) is 0 Å². The Hall–Kier alpha value is -1.03. The average Bonchev–Trinajstić information content (AvgIpc) is 3.22. The third-order valence-electron chi connectivity index (χ3n) is 3.12. The van der Waals surface area contributed by atoms with E-state index in [2.05, 4.69) is 5.16 Å². The number of aliphatic hydroxyl groups is 1. The van der Waals surface area contributed by atoms with Crippen LogP contribution in [0.5, 0.6) is 0 Å². The molecule has 0 atom stereocenters. The third kappa shape index (κ3) is 2.85. The molecule has 2 aromatic rings. The summed E-state index contributed by atoms with van der Waals surface area (Å²) in [5.41, 5.74) is 1.88. The Bertz CT molecular complexity index is 571. The lowest BCUT2D eigenvalue weighted by atomic mass is 10.0. The second kappa shape index (κ2) is 6.61. The van der Waals surface area contributed by atoms with Gasteiger partial charge in [0.15, 0.2) is 0 Å². The Morgan fingerprint density at radius 2 is 1.85 bits per heavy atom. The van der Waals surface area contributed by atoms with Crippen molar-refractivity contribution in [3.8, 4) is 11.3 Å². The molecule has 0 spiro atoms. The fourth-order valence-electron chi connectivity index (χ4n) is 2.06. The lowest BCUT2D eigenvalue weighted by Gasteiger charge is -2.05. The van der Waals surface area contributed by atoms with Gasteiger partial charge in [0.25, 0.3) is 0 Å². The number of aliphatic hydroxyl groups excluding tert-OH is 1. The van der Waals surface area contributed by atoms with Crippen LogP contribution in [-0.2, 0) is 6.61 Å². The van der Waals surface area contributed by atoms with Crippen LogP contribution in [0, 0.1) is 0 Å². The van der Waals surface area contributed by atoms with E-state index in [0.717, 1.165) is 18.6 Å². The number of aromatic nitrogens is 1. The lowest BCUT2D eigenvalue weighted by Crippen LogP contribution is -1.91. The molecule has 0 amide bonds. The second-order valence-electron chi connectivity index (χ2n) is 4.40. The zero-order chi connectivity index (χ0) is 14.7. The molecule has 3 rings (SSSR count). The summed E-state index contributed by atoms with van der Waals surface area (Å²) in [7, 11) is 0. The van der Waals surface area contributed by atoms with E-state index in [-0.39, 0.29) is 6.61 Å². The smallest absolute Gasteiger partial charge is 0.145 e. The zero-order valence-corrected chi connectivity index (χ0v) is 13.0. The van der Waals surface area contributed by atoms with Gasteiger partial charge in [-0.1, -0.05) is 48.3 Å². The van der Waals surface area contributed by atoms with Gasteiger partial charge in [-0.15, -0.1) is 0 Å². The maximum absolute atomic E-state index is 9.52. The van der Waals surface area contributed by atoms with Gasteiger partial charge < -0.3 is 9.63 Å². The number of halogens is 2. The maximum Gasteiger partial charge on any atom is 0.145 e. The highest BCUT2D eigenvalue weighted by Crippen LogP contribution is 2.45. The Morgan fingerprint density at radius 3 is 2.35 bits per heavy atom. The molecule has 0 aliphatic heterocycles. The van der Waals surface area contributed by atoms with Crippen LogP contribution in [0.1, 0.15) is 43.9 Å². The molecule has 20 heavy (non-hydrogen) atoms. The highest BCUT2D eigenvalue weighted by molar-refractivity contribution is 6.39. The van der Waals surface area contributed by atoms with E-state index in [1.165, 1.54) is 0 Å². The predicted molar refractivity (Wildman–Crippen MR) is 81.2 cm³/mol. The van der Waals surface area contributed by atoms with E-state index >= 15 is 0 Å². The van der Waals surface area contributed by atoms with Crippen molar-refractivity contribution < 1.29 is 9.63 Å². The van der Waals surface area contributed by atoms with E-state index in [0.29, 0.717) is 32.8 Å². The quantitative estimate of drug-likeness (QED) is 0.863. The molecule has 1 heterocycles. The first-order valence-corrected chi connectivity index (χ1v) is 7.51. The Labute approximate surface area is 128 Å². The second-order valence-corrected chi connectivity index (χ2v) is 5.22. The first-order valence-electron chi connectivity index (χ1n) is 6.76. The fraction of sp³-hybridized carbons (Fsp3) is 0.400. The van der Waals surface area contributed by atoms with Crippen LogP contribution in [0.25, 0.3) is 11.3 Å². The van der Waals surface area contributed by atoms with Gasteiger partial charge in [-0.05, 0) is 25.0 Å². The van der Waals surface area contributed by atoms with Crippen LogP contribution >= 0.6 is 23.2 Å². The topological polar surface area (TPSA) is 46.3 Å². The Morgan fingerprint density at radius 1 is 1.25 bits per heavy atom. The summed E-state index contributed by atoms with van der Waals surface area (Å²) in [6, 6.07) is 5.26. The van der Waals surface area contributed by atoms with Gasteiger partial charge in [0.2, 0.25) is 0 Å². The predicted octanol–water partition coefficient (Wildman–Crippen LogP) is 5.04. The zero-order valence-electron chi connectivity index (χ0n) is 11.5.